The quantitative estimate of drug-likeness (QED) is 0.863. The number of carbonyl (C=O) groups excluding carboxylic acids is 2. The molecule has 7 heteroatoms. The van der Waals surface area contributed by atoms with Gasteiger partial charge in [-0.1, -0.05) is 24.6 Å². The predicted octanol–water partition coefficient (Wildman–Crippen LogP) is 1.96. The lowest BCUT2D eigenvalue weighted by Gasteiger charge is -2.15. The largest absolute Gasteiger partial charge is 0.326 e. The molecule has 1 aliphatic heterocycles. The Bertz CT molecular complexity index is 771. The third-order valence-corrected chi connectivity index (χ3v) is 4.14. The summed E-state index contributed by atoms with van der Waals surface area (Å²) in [5, 5.41) is 4.95. The summed E-state index contributed by atoms with van der Waals surface area (Å²) in [6.45, 7) is 2.39. The van der Waals surface area contributed by atoms with Crippen LogP contribution in [-0.2, 0) is 11.2 Å². The van der Waals surface area contributed by atoms with Gasteiger partial charge in [0.2, 0.25) is 5.91 Å². The van der Waals surface area contributed by atoms with Crippen LogP contribution in [0.15, 0.2) is 30.5 Å². The number of nitrogens with zero attached hydrogens (tertiary/aromatic N) is 4. The van der Waals surface area contributed by atoms with Gasteiger partial charge < -0.3 is 9.80 Å². The Morgan fingerprint density at radius 3 is 2.78 bits per heavy atom. The summed E-state index contributed by atoms with van der Waals surface area (Å²) in [5.41, 5.74) is 2.14. The SMILES string of the molecule is CCc1c(C(=O)N2CC(=O)N(C)C2)cnn1-c1cccc(Cl)c1. The van der Waals surface area contributed by atoms with E-state index < -0.39 is 0 Å². The van der Waals surface area contributed by atoms with Gasteiger partial charge in [0.25, 0.3) is 5.91 Å². The number of benzene rings is 1. The van der Waals surface area contributed by atoms with Crippen molar-refractivity contribution in [1.29, 1.82) is 0 Å². The number of aromatic nitrogens is 2. The first-order valence-corrected chi connectivity index (χ1v) is 7.75. The van der Waals surface area contributed by atoms with E-state index in [0.717, 1.165) is 11.4 Å². The molecule has 1 fully saturated rings. The molecular weight excluding hydrogens is 316 g/mol. The van der Waals surface area contributed by atoms with Crippen LogP contribution in [-0.4, -0.2) is 51.7 Å². The average Bonchev–Trinajstić information content (AvgIpc) is 3.10. The van der Waals surface area contributed by atoms with Crippen LogP contribution in [0.3, 0.4) is 0 Å². The number of carbonyl (C=O) groups is 2. The van der Waals surface area contributed by atoms with E-state index in [1.54, 1.807) is 30.1 Å². The Kier molecular flexibility index (Phi) is 4.09. The van der Waals surface area contributed by atoms with Gasteiger partial charge >= 0.3 is 0 Å². The van der Waals surface area contributed by atoms with Crippen molar-refractivity contribution < 1.29 is 9.59 Å². The fraction of sp³-hybridized carbons (Fsp3) is 0.312. The van der Waals surface area contributed by atoms with Crippen molar-refractivity contribution in [2.24, 2.45) is 0 Å². The summed E-state index contributed by atoms with van der Waals surface area (Å²) in [6.07, 6.45) is 2.20. The fourth-order valence-corrected chi connectivity index (χ4v) is 2.88. The van der Waals surface area contributed by atoms with Crippen molar-refractivity contribution in [2.75, 3.05) is 20.3 Å². The molecule has 3 rings (SSSR count). The van der Waals surface area contributed by atoms with E-state index in [9.17, 15) is 9.59 Å². The van der Waals surface area contributed by atoms with Crippen LogP contribution in [0.1, 0.15) is 23.0 Å². The van der Waals surface area contributed by atoms with Gasteiger partial charge in [-0.2, -0.15) is 5.10 Å². The first-order chi connectivity index (χ1) is 11.0. The highest BCUT2D eigenvalue weighted by molar-refractivity contribution is 6.30. The minimum atomic E-state index is -0.173. The molecule has 1 saturated heterocycles. The molecule has 0 unspecified atom stereocenters. The van der Waals surface area contributed by atoms with E-state index in [4.69, 9.17) is 11.6 Å². The van der Waals surface area contributed by atoms with Crippen LogP contribution in [0, 0.1) is 0 Å². The van der Waals surface area contributed by atoms with E-state index in [1.165, 1.54) is 9.80 Å². The van der Waals surface area contributed by atoms with Crippen LogP contribution in [0.2, 0.25) is 5.02 Å². The van der Waals surface area contributed by atoms with Gasteiger partial charge in [-0.25, -0.2) is 4.68 Å². The van der Waals surface area contributed by atoms with Crippen LogP contribution >= 0.6 is 11.6 Å². The Balaban J connectivity index is 1.95. The van der Waals surface area contributed by atoms with Crippen molar-refractivity contribution in [2.45, 2.75) is 13.3 Å². The second-order valence-corrected chi connectivity index (χ2v) is 5.92. The minimum absolute atomic E-state index is 0.0568. The zero-order valence-corrected chi connectivity index (χ0v) is 13.7. The third kappa shape index (κ3) is 2.82. The topological polar surface area (TPSA) is 58.4 Å². The Hall–Kier alpha value is -2.34. The maximum atomic E-state index is 12.7. The molecule has 6 nitrogen and oxygen atoms in total. The number of halogens is 1. The predicted molar refractivity (Wildman–Crippen MR) is 86.6 cm³/mol. The van der Waals surface area contributed by atoms with Gasteiger partial charge in [-0.05, 0) is 24.6 Å². The van der Waals surface area contributed by atoms with Gasteiger partial charge in [0.15, 0.2) is 0 Å². The number of amides is 2. The molecule has 1 aromatic carbocycles. The van der Waals surface area contributed by atoms with E-state index in [1.807, 2.05) is 19.1 Å². The molecular formula is C16H17ClN4O2. The van der Waals surface area contributed by atoms with E-state index >= 15 is 0 Å². The van der Waals surface area contributed by atoms with Crippen LogP contribution in [0.4, 0.5) is 0 Å². The average molecular weight is 333 g/mol. The van der Waals surface area contributed by atoms with E-state index in [-0.39, 0.29) is 18.4 Å². The molecule has 0 aliphatic carbocycles. The molecule has 0 N–H and O–H groups in total. The lowest BCUT2D eigenvalue weighted by atomic mass is 10.1. The third-order valence-electron chi connectivity index (χ3n) is 3.91. The van der Waals surface area contributed by atoms with E-state index in [2.05, 4.69) is 5.10 Å². The first-order valence-electron chi connectivity index (χ1n) is 7.37. The summed E-state index contributed by atoms with van der Waals surface area (Å²) in [7, 11) is 1.69. The van der Waals surface area contributed by atoms with Gasteiger partial charge in [-0.3, -0.25) is 9.59 Å². The zero-order valence-electron chi connectivity index (χ0n) is 13.0. The van der Waals surface area contributed by atoms with Crippen LogP contribution in [0.25, 0.3) is 5.69 Å². The number of hydrogen-bond donors (Lipinski definition) is 0. The lowest BCUT2D eigenvalue weighted by molar-refractivity contribution is -0.125. The Labute approximate surface area is 139 Å². The summed E-state index contributed by atoms with van der Waals surface area (Å²) < 4.78 is 1.72. The molecule has 1 aliphatic rings. The summed E-state index contributed by atoms with van der Waals surface area (Å²) in [5.74, 6) is -0.230. The fourth-order valence-electron chi connectivity index (χ4n) is 2.70. The second-order valence-electron chi connectivity index (χ2n) is 5.49. The number of likely N-dealkylation sites (N-methyl/N-ethyl adjacent to an activating group) is 1. The minimum Gasteiger partial charge on any atom is -0.326 e. The molecule has 0 atom stereocenters. The smallest absolute Gasteiger partial charge is 0.259 e. The monoisotopic (exact) mass is 332 g/mol. The van der Waals surface area contributed by atoms with Gasteiger partial charge in [-0.15, -0.1) is 0 Å². The maximum Gasteiger partial charge on any atom is 0.259 e. The van der Waals surface area contributed by atoms with Gasteiger partial charge in [0.1, 0.15) is 6.54 Å². The highest BCUT2D eigenvalue weighted by Gasteiger charge is 2.31. The molecule has 0 radical (unpaired) electrons. The first kappa shape index (κ1) is 15.6. The Morgan fingerprint density at radius 2 is 2.17 bits per heavy atom. The second kappa shape index (κ2) is 6.04. The lowest BCUT2D eigenvalue weighted by Crippen LogP contribution is -2.30. The van der Waals surface area contributed by atoms with Gasteiger partial charge in [0, 0.05) is 12.1 Å². The summed E-state index contributed by atoms with van der Waals surface area (Å²) >= 11 is 6.04. The van der Waals surface area contributed by atoms with Crippen LogP contribution in [0.5, 0.6) is 0 Å². The molecule has 0 spiro atoms. The van der Waals surface area contributed by atoms with Crippen molar-refractivity contribution in [3.8, 4) is 5.69 Å². The molecule has 0 bridgehead atoms. The maximum absolute atomic E-state index is 12.7. The molecule has 2 heterocycles. The Morgan fingerprint density at radius 1 is 1.39 bits per heavy atom. The molecule has 1 aromatic heterocycles. The highest BCUT2D eigenvalue weighted by Crippen LogP contribution is 2.21. The van der Waals surface area contributed by atoms with Crippen molar-refractivity contribution >= 4 is 23.4 Å². The van der Waals surface area contributed by atoms with Crippen LogP contribution < -0.4 is 0 Å². The zero-order chi connectivity index (χ0) is 16.6. The van der Waals surface area contributed by atoms with E-state index in [0.29, 0.717) is 23.7 Å². The highest BCUT2D eigenvalue weighted by atomic mass is 35.5. The molecule has 120 valence electrons. The molecule has 0 saturated carbocycles. The van der Waals surface area contributed by atoms with Crippen molar-refractivity contribution in [3.05, 3.63) is 46.7 Å². The van der Waals surface area contributed by atoms with Gasteiger partial charge in [0.05, 0.1) is 29.8 Å². The van der Waals surface area contributed by atoms with Crippen molar-refractivity contribution in [3.63, 3.8) is 0 Å². The normalized spacial score (nSPS) is 14.7. The molecule has 2 aromatic rings. The van der Waals surface area contributed by atoms with Crippen molar-refractivity contribution in [1.82, 2.24) is 19.6 Å². The summed E-state index contributed by atoms with van der Waals surface area (Å²) in [6, 6.07) is 7.32. The number of rotatable bonds is 3. The summed E-state index contributed by atoms with van der Waals surface area (Å²) in [4.78, 5) is 27.4. The molecule has 23 heavy (non-hydrogen) atoms. The molecule has 2 amide bonds. The number of hydrogen-bond acceptors (Lipinski definition) is 3. The standard InChI is InChI=1S/C16H17ClN4O2/c1-3-14-13(16(23)20-9-15(22)19(2)10-20)8-18-21(14)12-6-4-5-11(17)7-12/h4-8H,3,9-10H2,1-2H3.